The largest absolute Gasteiger partial charge is 0.422 e. The monoisotopic (exact) mass is 254 g/mol. The summed E-state index contributed by atoms with van der Waals surface area (Å²) in [6, 6.07) is 7.77. The summed E-state index contributed by atoms with van der Waals surface area (Å²) in [5, 5.41) is 0.568. The summed E-state index contributed by atoms with van der Waals surface area (Å²) >= 11 is 0. The first kappa shape index (κ1) is 11.1. The molecular weight excluding hydrogens is 248 g/mol. The Morgan fingerprint density at radius 1 is 1.16 bits per heavy atom. The number of benzene rings is 1. The highest BCUT2D eigenvalue weighted by Gasteiger charge is 2.15. The molecule has 3 aromatic rings. The fourth-order valence-electron chi connectivity index (χ4n) is 1.97. The van der Waals surface area contributed by atoms with Crippen LogP contribution in [0.3, 0.4) is 0 Å². The van der Waals surface area contributed by atoms with Crippen LogP contribution in [-0.2, 0) is 0 Å². The second-order valence-corrected chi connectivity index (χ2v) is 3.86. The minimum absolute atomic E-state index is 0.0658. The predicted octanol–water partition coefficient (Wildman–Crippen LogP) is 1.55. The van der Waals surface area contributed by atoms with Crippen molar-refractivity contribution in [3.63, 3.8) is 0 Å². The van der Waals surface area contributed by atoms with Crippen molar-refractivity contribution in [3.05, 3.63) is 62.3 Å². The van der Waals surface area contributed by atoms with E-state index in [1.807, 2.05) is 0 Å². The Balaban J connectivity index is 2.70. The fraction of sp³-hybridized carbons (Fsp3) is 0. The molecule has 0 bridgehead atoms. The molecule has 0 spiro atoms. The molecule has 0 N–H and O–H groups in total. The van der Waals surface area contributed by atoms with Crippen LogP contribution in [0.2, 0.25) is 0 Å². The van der Waals surface area contributed by atoms with Crippen LogP contribution in [0.15, 0.2) is 48.8 Å². The van der Waals surface area contributed by atoms with E-state index < -0.39 is 11.3 Å². The molecule has 0 atom stereocenters. The zero-order chi connectivity index (χ0) is 13.4. The predicted molar refractivity (Wildman–Crippen MR) is 67.3 cm³/mol. The molecule has 6 heteroatoms. The van der Waals surface area contributed by atoms with E-state index in [1.165, 1.54) is 0 Å². The number of nitrogens with zero attached hydrogens (tertiary/aromatic N) is 2. The van der Waals surface area contributed by atoms with Gasteiger partial charge in [0, 0.05) is 6.07 Å². The van der Waals surface area contributed by atoms with Gasteiger partial charge >= 0.3 is 11.3 Å². The summed E-state index contributed by atoms with van der Waals surface area (Å²) in [4.78, 5) is 26.3. The van der Waals surface area contributed by atoms with Crippen LogP contribution in [-0.4, -0.2) is 11.0 Å². The first-order valence-electron chi connectivity index (χ1n) is 5.38. The lowest BCUT2D eigenvalue weighted by atomic mass is 10.1. The van der Waals surface area contributed by atoms with Gasteiger partial charge in [-0.3, -0.25) is 0 Å². The van der Waals surface area contributed by atoms with Crippen molar-refractivity contribution in [3.8, 4) is 0 Å². The standard InChI is InChI=1S/C13H6N2O4/c14-15-6-7-5-10(16)19-12-8-3-1-2-4-9(8)18-13(17)11(7)12/h1-6H. The Bertz CT molecular complexity index is 962. The number of fused-ring (bicyclic) bond motifs is 3. The minimum atomic E-state index is -0.660. The maximum atomic E-state index is 11.9. The lowest BCUT2D eigenvalue weighted by Crippen LogP contribution is -2.08. The summed E-state index contributed by atoms with van der Waals surface area (Å²) < 4.78 is 10.2. The second kappa shape index (κ2) is 4.04. The van der Waals surface area contributed by atoms with Crippen molar-refractivity contribution in [1.29, 1.82) is 0 Å². The van der Waals surface area contributed by atoms with E-state index in [4.69, 9.17) is 14.4 Å². The molecule has 1 aromatic carbocycles. The maximum Gasteiger partial charge on any atom is 0.348 e. The average molecular weight is 254 g/mol. The van der Waals surface area contributed by atoms with Crippen molar-refractivity contribution in [2.75, 3.05) is 0 Å². The molecule has 0 fully saturated rings. The van der Waals surface area contributed by atoms with E-state index in [0.29, 0.717) is 11.0 Å². The zero-order valence-electron chi connectivity index (χ0n) is 9.49. The van der Waals surface area contributed by atoms with E-state index in [-0.39, 0.29) is 16.5 Å². The quantitative estimate of drug-likeness (QED) is 0.216. The molecule has 92 valence electrons. The summed E-state index contributed by atoms with van der Waals surface area (Å²) in [6.07, 6.45) is 0.991. The van der Waals surface area contributed by atoms with Crippen molar-refractivity contribution in [1.82, 2.24) is 0 Å². The van der Waals surface area contributed by atoms with Crippen LogP contribution in [0, 0.1) is 0 Å². The van der Waals surface area contributed by atoms with Crippen LogP contribution in [0.4, 0.5) is 0 Å². The smallest absolute Gasteiger partial charge is 0.348 e. The third kappa shape index (κ3) is 1.67. The molecule has 0 unspecified atom stereocenters. The third-order valence-electron chi connectivity index (χ3n) is 2.73. The summed E-state index contributed by atoms with van der Waals surface area (Å²) in [7, 11) is 0. The Morgan fingerprint density at radius 3 is 2.74 bits per heavy atom. The second-order valence-electron chi connectivity index (χ2n) is 3.86. The van der Waals surface area contributed by atoms with Gasteiger partial charge in [0.15, 0.2) is 5.58 Å². The van der Waals surface area contributed by atoms with Gasteiger partial charge in [-0.05, 0) is 12.1 Å². The van der Waals surface area contributed by atoms with Gasteiger partial charge < -0.3 is 14.4 Å². The molecule has 0 aliphatic rings. The van der Waals surface area contributed by atoms with Gasteiger partial charge in [-0.15, -0.1) is 0 Å². The molecular formula is C13H6N2O4. The summed E-state index contributed by atoms with van der Waals surface area (Å²) in [6.45, 7) is 0. The van der Waals surface area contributed by atoms with E-state index >= 15 is 0 Å². The number of hydrogen-bond donors (Lipinski definition) is 0. The Hall–Kier alpha value is -2.98. The molecule has 3 rings (SSSR count). The van der Waals surface area contributed by atoms with E-state index in [0.717, 1.165) is 12.3 Å². The maximum absolute atomic E-state index is 11.9. The molecule has 0 amide bonds. The lowest BCUT2D eigenvalue weighted by Gasteiger charge is -2.01. The van der Waals surface area contributed by atoms with Crippen LogP contribution in [0.25, 0.3) is 27.5 Å². The number of para-hydroxylation sites is 1. The van der Waals surface area contributed by atoms with E-state index in [9.17, 15) is 9.59 Å². The average Bonchev–Trinajstić information content (AvgIpc) is 2.38. The highest BCUT2D eigenvalue weighted by molar-refractivity contribution is 6.05. The first-order valence-corrected chi connectivity index (χ1v) is 5.38. The van der Waals surface area contributed by atoms with Crippen LogP contribution in [0.5, 0.6) is 0 Å². The molecule has 0 aliphatic carbocycles. The van der Waals surface area contributed by atoms with Gasteiger partial charge in [-0.2, -0.15) is 4.79 Å². The molecule has 0 saturated carbocycles. The lowest BCUT2D eigenvalue weighted by molar-refractivity contribution is 0.00462. The van der Waals surface area contributed by atoms with Gasteiger partial charge in [-0.1, -0.05) is 12.1 Å². The highest BCUT2D eigenvalue weighted by Crippen LogP contribution is 2.22. The van der Waals surface area contributed by atoms with Gasteiger partial charge in [0.05, 0.1) is 10.9 Å². The molecule has 0 saturated heterocycles. The highest BCUT2D eigenvalue weighted by atomic mass is 16.4. The molecule has 0 radical (unpaired) electrons. The number of rotatable bonds is 1. The van der Waals surface area contributed by atoms with E-state index in [1.54, 1.807) is 24.3 Å². The third-order valence-corrected chi connectivity index (χ3v) is 2.73. The Labute approximate surface area is 105 Å². The van der Waals surface area contributed by atoms with Gasteiger partial charge in [0.25, 0.3) is 6.21 Å². The van der Waals surface area contributed by atoms with Crippen LogP contribution >= 0.6 is 0 Å². The minimum Gasteiger partial charge on any atom is -0.422 e. The molecule has 19 heavy (non-hydrogen) atoms. The van der Waals surface area contributed by atoms with E-state index in [2.05, 4.69) is 4.79 Å². The first-order chi connectivity index (χ1) is 9.20. The molecule has 6 nitrogen and oxygen atoms in total. The Kier molecular flexibility index (Phi) is 2.37. The van der Waals surface area contributed by atoms with Crippen molar-refractivity contribution >= 4 is 28.2 Å². The molecule has 2 aromatic heterocycles. The van der Waals surface area contributed by atoms with Gasteiger partial charge in [0.1, 0.15) is 11.0 Å². The summed E-state index contributed by atoms with van der Waals surface area (Å²) in [5.41, 5.74) is 7.86. The van der Waals surface area contributed by atoms with Gasteiger partial charge in [0.2, 0.25) is 0 Å². The fourth-order valence-corrected chi connectivity index (χ4v) is 1.97. The Morgan fingerprint density at radius 2 is 1.95 bits per heavy atom. The molecule has 0 aliphatic heterocycles. The SMILES string of the molecule is [N-]=[N+]=Cc1cc(=O)oc2c1c(=O)oc1ccccc12. The van der Waals surface area contributed by atoms with Crippen molar-refractivity contribution in [2.45, 2.75) is 0 Å². The van der Waals surface area contributed by atoms with Crippen molar-refractivity contribution < 1.29 is 13.6 Å². The normalized spacial score (nSPS) is 10.5. The number of hydrogen-bond acceptors (Lipinski definition) is 4. The topological polar surface area (TPSA) is 96.8 Å². The van der Waals surface area contributed by atoms with Crippen LogP contribution < -0.4 is 11.3 Å². The van der Waals surface area contributed by atoms with Crippen molar-refractivity contribution in [2.24, 2.45) is 0 Å². The summed E-state index contributed by atoms with van der Waals surface area (Å²) in [5.74, 6) is 0. The van der Waals surface area contributed by atoms with Gasteiger partial charge in [-0.25, -0.2) is 9.59 Å². The zero-order valence-corrected chi connectivity index (χ0v) is 9.49. The molecule has 2 heterocycles. The van der Waals surface area contributed by atoms with Crippen LogP contribution in [0.1, 0.15) is 5.56 Å².